The van der Waals surface area contributed by atoms with Gasteiger partial charge in [0.25, 0.3) is 0 Å². The molecule has 5 heteroatoms. The van der Waals surface area contributed by atoms with Crippen molar-refractivity contribution in [1.29, 1.82) is 0 Å². The molecule has 4 nitrogen and oxygen atoms in total. The summed E-state index contributed by atoms with van der Waals surface area (Å²) in [6.45, 7) is 0. The maximum Gasteiger partial charge on any atom is 0.153 e. The molecule has 14 heavy (non-hydrogen) atoms. The van der Waals surface area contributed by atoms with Gasteiger partial charge in [0.1, 0.15) is 12.0 Å². The minimum Gasteiger partial charge on any atom is -0.382 e. The first-order valence-electron chi connectivity index (χ1n) is 3.96. The number of halogens is 1. The lowest BCUT2D eigenvalue weighted by atomic mass is 10.1. The van der Waals surface area contributed by atoms with E-state index in [9.17, 15) is 0 Å². The van der Waals surface area contributed by atoms with Gasteiger partial charge in [0.2, 0.25) is 0 Å². The number of nitrogens with zero attached hydrogens (tertiary/aromatic N) is 3. The van der Waals surface area contributed by atoms with Gasteiger partial charge in [0, 0.05) is 10.0 Å². The van der Waals surface area contributed by atoms with Crippen LogP contribution in [0.1, 0.15) is 0 Å². The van der Waals surface area contributed by atoms with E-state index >= 15 is 0 Å². The maximum absolute atomic E-state index is 5.67. The fraction of sp³-hybridized carbons (Fsp3) is 0. The number of nitrogens with two attached hydrogens (primary N) is 1. The number of hydrogen-bond donors (Lipinski definition) is 1. The Morgan fingerprint density at radius 3 is 2.50 bits per heavy atom. The lowest BCUT2D eigenvalue weighted by molar-refractivity contribution is 0.983. The molecule has 0 bridgehead atoms. The lowest BCUT2D eigenvalue weighted by Crippen LogP contribution is -1.98. The van der Waals surface area contributed by atoms with Crippen LogP contribution >= 0.6 is 15.9 Å². The predicted octanol–water partition coefficient (Wildman–Crippen LogP) is 1.88. The standard InChI is InChI=1S/C9H7BrN4/c10-7-3-1-6(2-4-7)8-9(11)12-5-13-14-8/h1-5H,(H2,11,12,13). The van der Waals surface area contributed by atoms with E-state index < -0.39 is 0 Å². The summed E-state index contributed by atoms with van der Waals surface area (Å²) < 4.78 is 1.01. The lowest BCUT2D eigenvalue weighted by Gasteiger charge is -2.01. The summed E-state index contributed by atoms with van der Waals surface area (Å²) in [5, 5.41) is 7.62. The Morgan fingerprint density at radius 2 is 1.86 bits per heavy atom. The van der Waals surface area contributed by atoms with Gasteiger partial charge < -0.3 is 5.73 Å². The first-order valence-corrected chi connectivity index (χ1v) is 4.76. The Bertz CT molecular complexity index is 441. The van der Waals surface area contributed by atoms with Crippen LogP contribution in [0.5, 0.6) is 0 Å². The summed E-state index contributed by atoms with van der Waals surface area (Å²) in [5.41, 5.74) is 7.19. The summed E-state index contributed by atoms with van der Waals surface area (Å²) >= 11 is 3.35. The first kappa shape index (κ1) is 9.08. The second-order valence-electron chi connectivity index (χ2n) is 2.70. The summed E-state index contributed by atoms with van der Waals surface area (Å²) in [6, 6.07) is 7.66. The molecule has 0 fully saturated rings. The van der Waals surface area contributed by atoms with Crippen LogP contribution in [0.25, 0.3) is 11.3 Å². The average Bonchev–Trinajstić information content (AvgIpc) is 2.20. The van der Waals surface area contributed by atoms with Gasteiger partial charge >= 0.3 is 0 Å². The molecule has 2 rings (SSSR count). The largest absolute Gasteiger partial charge is 0.382 e. The highest BCUT2D eigenvalue weighted by Gasteiger charge is 2.04. The Hall–Kier alpha value is -1.49. The van der Waals surface area contributed by atoms with E-state index in [1.807, 2.05) is 24.3 Å². The van der Waals surface area contributed by atoms with Crippen molar-refractivity contribution in [1.82, 2.24) is 15.2 Å². The average molecular weight is 251 g/mol. The zero-order valence-electron chi connectivity index (χ0n) is 7.18. The van der Waals surface area contributed by atoms with Gasteiger partial charge in [-0.15, -0.1) is 10.2 Å². The van der Waals surface area contributed by atoms with Gasteiger partial charge in [-0.25, -0.2) is 4.98 Å². The molecule has 0 radical (unpaired) electrons. The van der Waals surface area contributed by atoms with E-state index in [1.54, 1.807) is 0 Å². The highest BCUT2D eigenvalue weighted by atomic mass is 79.9. The van der Waals surface area contributed by atoms with Crippen molar-refractivity contribution in [3.8, 4) is 11.3 Å². The van der Waals surface area contributed by atoms with E-state index in [1.165, 1.54) is 6.33 Å². The monoisotopic (exact) mass is 250 g/mol. The SMILES string of the molecule is Nc1ncnnc1-c1ccc(Br)cc1. The molecule has 1 aromatic heterocycles. The molecule has 1 heterocycles. The molecule has 0 unspecified atom stereocenters. The van der Waals surface area contributed by atoms with E-state index in [-0.39, 0.29) is 0 Å². The van der Waals surface area contributed by atoms with Crippen molar-refractivity contribution in [3.63, 3.8) is 0 Å². The van der Waals surface area contributed by atoms with Crippen LogP contribution in [0.2, 0.25) is 0 Å². The van der Waals surface area contributed by atoms with Crippen LogP contribution in [0.3, 0.4) is 0 Å². The van der Waals surface area contributed by atoms with Crippen LogP contribution in [0.15, 0.2) is 35.1 Å². The minimum absolute atomic E-state index is 0.391. The Labute approximate surface area is 89.3 Å². The Kier molecular flexibility index (Phi) is 2.41. The zero-order valence-corrected chi connectivity index (χ0v) is 8.77. The van der Waals surface area contributed by atoms with E-state index in [4.69, 9.17) is 5.73 Å². The summed E-state index contributed by atoms with van der Waals surface area (Å²) in [5.74, 6) is 0.391. The molecule has 0 atom stereocenters. The number of nitrogen functional groups attached to an aromatic ring is 1. The first-order chi connectivity index (χ1) is 6.77. The summed E-state index contributed by atoms with van der Waals surface area (Å²) in [4.78, 5) is 3.87. The van der Waals surface area contributed by atoms with Gasteiger partial charge in [-0.3, -0.25) is 0 Å². The molecule has 0 aliphatic rings. The fourth-order valence-electron chi connectivity index (χ4n) is 1.10. The van der Waals surface area contributed by atoms with Crippen molar-refractivity contribution < 1.29 is 0 Å². The quantitative estimate of drug-likeness (QED) is 0.840. The van der Waals surface area contributed by atoms with Gasteiger partial charge in [-0.2, -0.15) is 0 Å². The van der Waals surface area contributed by atoms with Crippen molar-refractivity contribution in [2.24, 2.45) is 0 Å². The van der Waals surface area contributed by atoms with Crippen LogP contribution < -0.4 is 5.73 Å². The van der Waals surface area contributed by atoms with Crippen LogP contribution in [-0.4, -0.2) is 15.2 Å². The fourth-order valence-corrected chi connectivity index (χ4v) is 1.36. The Balaban J connectivity index is 2.50. The number of anilines is 1. The summed E-state index contributed by atoms with van der Waals surface area (Å²) in [7, 11) is 0. The molecule has 0 amide bonds. The van der Waals surface area contributed by atoms with Gasteiger partial charge in [0.15, 0.2) is 5.82 Å². The van der Waals surface area contributed by atoms with Gasteiger partial charge in [-0.05, 0) is 12.1 Å². The second kappa shape index (κ2) is 3.71. The zero-order chi connectivity index (χ0) is 9.97. The number of rotatable bonds is 1. The third-order valence-corrected chi connectivity index (χ3v) is 2.30. The predicted molar refractivity (Wildman–Crippen MR) is 57.4 cm³/mol. The third-order valence-electron chi connectivity index (χ3n) is 1.77. The number of hydrogen-bond acceptors (Lipinski definition) is 4. The number of aromatic nitrogens is 3. The molecule has 0 aliphatic carbocycles. The highest BCUT2D eigenvalue weighted by molar-refractivity contribution is 9.10. The number of benzene rings is 1. The molecular weight excluding hydrogens is 244 g/mol. The van der Waals surface area contributed by atoms with Crippen LogP contribution in [-0.2, 0) is 0 Å². The molecular formula is C9H7BrN4. The molecule has 2 N–H and O–H groups in total. The van der Waals surface area contributed by atoms with Crippen molar-refractivity contribution >= 4 is 21.7 Å². The van der Waals surface area contributed by atoms with E-state index in [2.05, 4.69) is 31.1 Å². The topological polar surface area (TPSA) is 64.7 Å². The van der Waals surface area contributed by atoms with Crippen molar-refractivity contribution in [3.05, 3.63) is 35.1 Å². The van der Waals surface area contributed by atoms with Crippen LogP contribution in [0, 0.1) is 0 Å². The van der Waals surface area contributed by atoms with E-state index in [0.717, 1.165) is 10.0 Å². The smallest absolute Gasteiger partial charge is 0.153 e. The minimum atomic E-state index is 0.391. The Morgan fingerprint density at radius 1 is 1.14 bits per heavy atom. The third kappa shape index (κ3) is 1.72. The second-order valence-corrected chi connectivity index (χ2v) is 3.62. The summed E-state index contributed by atoms with van der Waals surface area (Å²) in [6.07, 6.45) is 1.33. The molecule has 0 aliphatic heterocycles. The molecule has 70 valence electrons. The van der Waals surface area contributed by atoms with Crippen molar-refractivity contribution in [2.45, 2.75) is 0 Å². The van der Waals surface area contributed by atoms with Gasteiger partial charge in [0.05, 0.1) is 0 Å². The molecule has 0 saturated heterocycles. The molecule has 1 aromatic carbocycles. The molecule has 0 saturated carbocycles. The highest BCUT2D eigenvalue weighted by Crippen LogP contribution is 2.22. The van der Waals surface area contributed by atoms with Crippen molar-refractivity contribution in [2.75, 3.05) is 5.73 Å². The van der Waals surface area contributed by atoms with E-state index in [0.29, 0.717) is 11.5 Å². The normalized spacial score (nSPS) is 10.1. The molecule has 0 spiro atoms. The molecule has 2 aromatic rings. The van der Waals surface area contributed by atoms with Gasteiger partial charge in [-0.1, -0.05) is 28.1 Å². The van der Waals surface area contributed by atoms with Crippen LogP contribution in [0.4, 0.5) is 5.82 Å². The maximum atomic E-state index is 5.67.